The van der Waals surface area contributed by atoms with Crippen LogP contribution >= 0.6 is 0 Å². The third-order valence-corrected chi connectivity index (χ3v) is 3.37. The van der Waals surface area contributed by atoms with Crippen molar-refractivity contribution in [3.63, 3.8) is 0 Å². The van der Waals surface area contributed by atoms with Crippen molar-refractivity contribution in [2.45, 2.75) is 20.4 Å². The van der Waals surface area contributed by atoms with Crippen LogP contribution in [0.5, 0.6) is 0 Å². The number of hydrogen-bond acceptors (Lipinski definition) is 3. The predicted octanol–water partition coefficient (Wildman–Crippen LogP) is 3.01. The number of pyridine rings is 1. The second kappa shape index (κ2) is 6.39. The highest BCUT2D eigenvalue weighted by Gasteiger charge is 2.16. The van der Waals surface area contributed by atoms with E-state index in [0.717, 1.165) is 22.6 Å². The summed E-state index contributed by atoms with van der Waals surface area (Å²) >= 11 is 0. The molecule has 1 amide bonds. The van der Waals surface area contributed by atoms with E-state index in [1.54, 1.807) is 11.9 Å². The van der Waals surface area contributed by atoms with Crippen LogP contribution in [0, 0.1) is 13.8 Å². The number of anilines is 1. The smallest absolute Gasteiger partial charge is 0.256 e. The van der Waals surface area contributed by atoms with Crippen LogP contribution in [0.15, 0.2) is 36.4 Å². The van der Waals surface area contributed by atoms with E-state index < -0.39 is 0 Å². The summed E-state index contributed by atoms with van der Waals surface area (Å²) < 4.78 is 0. The van der Waals surface area contributed by atoms with Crippen molar-refractivity contribution in [1.82, 2.24) is 9.88 Å². The number of carbonyl (C=O) groups is 1. The number of carbonyl (C=O) groups excluding carboxylic acids is 1. The summed E-state index contributed by atoms with van der Waals surface area (Å²) in [5, 5.41) is 3.07. The van der Waals surface area contributed by atoms with E-state index in [1.807, 2.05) is 57.3 Å². The number of amides is 1. The zero-order valence-corrected chi connectivity index (χ0v) is 13.0. The minimum atomic E-state index is -0.00800. The van der Waals surface area contributed by atoms with Gasteiger partial charge in [0.1, 0.15) is 0 Å². The Balaban J connectivity index is 2.21. The molecule has 0 radical (unpaired) electrons. The molecule has 2 aromatic rings. The molecular formula is C17H21N3O. The van der Waals surface area contributed by atoms with E-state index in [0.29, 0.717) is 12.1 Å². The van der Waals surface area contributed by atoms with Crippen LogP contribution in [0.25, 0.3) is 0 Å². The highest BCUT2D eigenvalue weighted by Crippen LogP contribution is 2.19. The first kappa shape index (κ1) is 15.0. The van der Waals surface area contributed by atoms with Gasteiger partial charge in [0.25, 0.3) is 5.91 Å². The number of rotatable bonds is 4. The quantitative estimate of drug-likeness (QED) is 0.938. The Labute approximate surface area is 125 Å². The van der Waals surface area contributed by atoms with Crippen molar-refractivity contribution < 1.29 is 4.79 Å². The number of aryl methyl sites for hydroxylation is 2. The summed E-state index contributed by atoms with van der Waals surface area (Å²) in [4.78, 5) is 18.8. The zero-order valence-electron chi connectivity index (χ0n) is 13.0. The molecule has 0 fully saturated rings. The van der Waals surface area contributed by atoms with Gasteiger partial charge in [0.15, 0.2) is 0 Å². The first-order valence-corrected chi connectivity index (χ1v) is 6.97. The normalized spacial score (nSPS) is 10.3. The lowest BCUT2D eigenvalue weighted by Gasteiger charge is -2.19. The molecule has 0 spiro atoms. The highest BCUT2D eigenvalue weighted by atomic mass is 16.2. The number of nitrogens with zero attached hydrogens (tertiary/aromatic N) is 2. The topological polar surface area (TPSA) is 45.2 Å². The number of nitrogens with one attached hydrogen (secondary N) is 1. The third kappa shape index (κ3) is 3.60. The predicted molar refractivity (Wildman–Crippen MR) is 85.5 cm³/mol. The molecule has 0 aliphatic carbocycles. The number of benzene rings is 1. The van der Waals surface area contributed by atoms with Crippen molar-refractivity contribution in [1.29, 1.82) is 0 Å². The van der Waals surface area contributed by atoms with Crippen LogP contribution in [0.3, 0.4) is 0 Å². The Bertz CT molecular complexity index is 652. The third-order valence-electron chi connectivity index (χ3n) is 3.37. The molecule has 0 aliphatic heterocycles. The molecule has 0 saturated carbocycles. The van der Waals surface area contributed by atoms with Crippen LogP contribution in [-0.2, 0) is 6.54 Å². The lowest BCUT2D eigenvalue weighted by molar-refractivity contribution is 0.0784. The lowest BCUT2D eigenvalue weighted by Crippen LogP contribution is -2.27. The second-order valence-electron chi connectivity index (χ2n) is 5.23. The van der Waals surface area contributed by atoms with Crippen molar-refractivity contribution >= 4 is 11.6 Å². The van der Waals surface area contributed by atoms with E-state index in [2.05, 4.69) is 10.3 Å². The lowest BCUT2D eigenvalue weighted by atomic mass is 10.1. The Morgan fingerprint density at radius 3 is 2.67 bits per heavy atom. The van der Waals surface area contributed by atoms with E-state index in [-0.39, 0.29) is 5.91 Å². The Hall–Kier alpha value is -2.36. The Kier molecular flexibility index (Phi) is 4.58. The van der Waals surface area contributed by atoms with Crippen molar-refractivity contribution in [3.05, 3.63) is 58.9 Å². The van der Waals surface area contributed by atoms with Gasteiger partial charge in [-0.05, 0) is 38.1 Å². The van der Waals surface area contributed by atoms with Crippen molar-refractivity contribution in [2.75, 3.05) is 19.4 Å². The maximum Gasteiger partial charge on any atom is 0.256 e. The minimum absolute atomic E-state index is 0.00800. The molecule has 0 saturated heterocycles. The average Bonchev–Trinajstić information content (AvgIpc) is 2.46. The number of aromatic nitrogens is 1. The molecule has 21 heavy (non-hydrogen) atoms. The largest absolute Gasteiger partial charge is 0.387 e. The van der Waals surface area contributed by atoms with E-state index in [1.165, 1.54) is 0 Å². The Morgan fingerprint density at radius 2 is 2.00 bits per heavy atom. The van der Waals surface area contributed by atoms with Gasteiger partial charge in [0.05, 0.1) is 17.8 Å². The molecule has 110 valence electrons. The summed E-state index contributed by atoms with van der Waals surface area (Å²) in [7, 11) is 3.62. The van der Waals surface area contributed by atoms with Crippen molar-refractivity contribution in [2.24, 2.45) is 0 Å². The molecule has 0 atom stereocenters. The number of hydrogen-bond donors (Lipinski definition) is 1. The molecule has 1 N–H and O–H groups in total. The van der Waals surface area contributed by atoms with Gasteiger partial charge in [-0.15, -0.1) is 0 Å². The maximum atomic E-state index is 12.6. The summed E-state index contributed by atoms with van der Waals surface area (Å²) in [5.74, 6) is -0.00800. The Morgan fingerprint density at radius 1 is 1.24 bits per heavy atom. The second-order valence-corrected chi connectivity index (χ2v) is 5.23. The van der Waals surface area contributed by atoms with Crippen molar-refractivity contribution in [3.8, 4) is 0 Å². The van der Waals surface area contributed by atoms with Gasteiger partial charge >= 0.3 is 0 Å². The SMILES string of the molecule is CNc1ccc(C)cc1C(=O)N(C)Cc1cccc(C)n1. The summed E-state index contributed by atoms with van der Waals surface area (Å²) in [6, 6.07) is 11.7. The van der Waals surface area contributed by atoms with Crippen LogP contribution in [0.2, 0.25) is 0 Å². The maximum absolute atomic E-state index is 12.6. The molecule has 0 aliphatic rings. The molecule has 1 aromatic heterocycles. The molecule has 0 unspecified atom stereocenters. The highest BCUT2D eigenvalue weighted by molar-refractivity contribution is 5.99. The summed E-state index contributed by atoms with van der Waals surface area (Å²) in [6.45, 7) is 4.43. The van der Waals surface area contributed by atoms with Crippen LogP contribution in [0.4, 0.5) is 5.69 Å². The molecule has 4 nitrogen and oxygen atoms in total. The zero-order chi connectivity index (χ0) is 15.4. The van der Waals surface area contributed by atoms with E-state index in [4.69, 9.17) is 0 Å². The average molecular weight is 283 g/mol. The molecule has 2 rings (SSSR count). The molecule has 1 heterocycles. The first-order chi connectivity index (χ1) is 10.0. The summed E-state index contributed by atoms with van der Waals surface area (Å²) in [6.07, 6.45) is 0. The standard InChI is InChI=1S/C17H21N3O/c1-12-8-9-16(18-3)15(10-12)17(21)20(4)11-14-7-5-6-13(2)19-14/h5-10,18H,11H2,1-4H3. The van der Waals surface area contributed by atoms with Gasteiger partial charge in [0, 0.05) is 25.5 Å². The molecule has 0 bridgehead atoms. The van der Waals surface area contributed by atoms with Gasteiger partial charge in [-0.2, -0.15) is 0 Å². The molecular weight excluding hydrogens is 262 g/mol. The fourth-order valence-electron chi connectivity index (χ4n) is 2.26. The fourth-order valence-corrected chi connectivity index (χ4v) is 2.26. The fraction of sp³-hybridized carbons (Fsp3) is 0.294. The summed E-state index contributed by atoms with van der Waals surface area (Å²) in [5.41, 5.74) is 4.45. The molecule has 1 aromatic carbocycles. The van der Waals surface area contributed by atoms with Gasteiger partial charge < -0.3 is 10.2 Å². The van der Waals surface area contributed by atoms with Gasteiger partial charge in [-0.1, -0.05) is 17.7 Å². The van der Waals surface area contributed by atoms with E-state index >= 15 is 0 Å². The molecule has 4 heteroatoms. The first-order valence-electron chi connectivity index (χ1n) is 6.97. The van der Waals surface area contributed by atoms with Gasteiger partial charge in [-0.3, -0.25) is 9.78 Å². The van der Waals surface area contributed by atoms with Gasteiger partial charge in [0.2, 0.25) is 0 Å². The van der Waals surface area contributed by atoms with Crippen LogP contribution in [-0.4, -0.2) is 29.9 Å². The minimum Gasteiger partial charge on any atom is -0.387 e. The van der Waals surface area contributed by atoms with Gasteiger partial charge in [-0.25, -0.2) is 0 Å². The monoisotopic (exact) mass is 283 g/mol. The van der Waals surface area contributed by atoms with Crippen LogP contribution < -0.4 is 5.32 Å². The van der Waals surface area contributed by atoms with E-state index in [9.17, 15) is 4.79 Å². The van der Waals surface area contributed by atoms with Crippen LogP contribution in [0.1, 0.15) is 27.3 Å².